The van der Waals surface area contributed by atoms with E-state index in [1.165, 1.54) is 49.8 Å². The zero-order valence-corrected chi connectivity index (χ0v) is 15.0. The van der Waals surface area contributed by atoms with Crippen LogP contribution in [-0.4, -0.2) is 35.3 Å². The van der Waals surface area contributed by atoms with E-state index < -0.39 is 5.38 Å². The van der Waals surface area contributed by atoms with Gasteiger partial charge in [-0.1, -0.05) is 37.5 Å². The van der Waals surface area contributed by atoms with Crippen LogP contribution < -0.4 is 4.90 Å². The van der Waals surface area contributed by atoms with Gasteiger partial charge in [-0.2, -0.15) is 0 Å². The minimum Gasteiger partial charge on any atom is -0.371 e. The van der Waals surface area contributed by atoms with Gasteiger partial charge in [0.25, 0.3) is 0 Å². The molecule has 2 atom stereocenters. The second-order valence-corrected chi connectivity index (χ2v) is 7.96. The van der Waals surface area contributed by atoms with E-state index in [4.69, 9.17) is 11.6 Å². The molecule has 1 amide bonds. The normalized spacial score (nSPS) is 28.8. The lowest BCUT2D eigenvalue weighted by molar-refractivity contribution is -0.150. The van der Waals surface area contributed by atoms with Crippen LogP contribution in [0.1, 0.15) is 63.0 Å². The Morgan fingerprint density at radius 3 is 2.33 bits per heavy atom. The molecule has 3 aliphatic rings. The van der Waals surface area contributed by atoms with Gasteiger partial charge < -0.3 is 9.80 Å². The quantitative estimate of drug-likeness (QED) is 0.594. The Bertz CT molecular complexity index is 593. The summed E-state index contributed by atoms with van der Waals surface area (Å²) in [6.45, 7) is 2.24. The van der Waals surface area contributed by atoms with Crippen molar-refractivity contribution in [3.05, 3.63) is 29.8 Å². The molecular formula is C20H27ClN2O. The Labute approximate surface area is 150 Å². The molecule has 3 fully saturated rings. The van der Waals surface area contributed by atoms with Gasteiger partial charge in [-0.3, -0.25) is 4.79 Å². The van der Waals surface area contributed by atoms with Gasteiger partial charge in [0, 0.05) is 30.4 Å². The van der Waals surface area contributed by atoms with Gasteiger partial charge >= 0.3 is 0 Å². The highest BCUT2D eigenvalue weighted by Crippen LogP contribution is 2.46. The van der Waals surface area contributed by atoms with E-state index in [0.29, 0.717) is 6.04 Å². The number of benzene rings is 1. The summed E-state index contributed by atoms with van der Waals surface area (Å²) in [5, 5.41) is -0.391. The maximum atomic E-state index is 12.5. The number of carbonyl (C=O) groups is 1. The van der Waals surface area contributed by atoms with Crippen molar-refractivity contribution in [1.29, 1.82) is 0 Å². The van der Waals surface area contributed by atoms with E-state index in [0.717, 1.165) is 25.9 Å². The summed E-state index contributed by atoms with van der Waals surface area (Å²) in [5.74, 6) is 0.141. The van der Waals surface area contributed by atoms with Crippen LogP contribution in [0.15, 0.2) is 24.3 Å². The van der Waals surface area contributed by atoms with Crippen LogP contribution in [0.2, 0.25) is 0 Å². The SMILES string of the molecule is O=C1[C@@H](Cl)[C@H](c2ccccc2N2CCCCC2)N1C1CCCCC1. The number of nitrogens with zero attached hydrogens (tertiary/aromatic N) is 2. The molecule has 2 saturated heterocycles. The molecule has 2 aliphatic heterocycles. The maximum Gasteiger partial charge on any atom is 0.243 e. The summed E-state index contributed by atoms with van der Waals surface area (Å²) >= 11 is 6.52. The number of carbonyl (C=O) groups excluding carboxylic acids is 1. The third-order valence-corrected chi connectivity index (χ3v) is 6.41. The monoisotopic (exact) mass is 346 g/mol. The van der Waals surface area contributed by atoms with Crippen molar-refractivity contribution in [1.82, 2.24) is 4.90 Å². The zero-order chi connectivity index (χ0) is 16.5. The van der Waals surface area contributed by atoms with Crippen LogP contribution in [0.25, 0.3) is 0 Å². The van der Waals surface area contributed by atoms with Gasteiger partial charge in [0.2, 0.25) is 5.91 Å². The fraction of sp³-hybridized carbons (Fsp3) is 0.650. The number of hydrogen-bond donors (Lipinski definition) is 0. The molecule has 24 heavy (non-hydrogen) atoms. The van der Waals surface area contributed by atoms with Crippen molar-refractivity contribution in [3.63, 3.8) is 0 Å². The second-order valence-electron chi connectivity index (χ2n) is 7.49. The van der Waals surface area contributed by atoms with E-state index in [-0.39, 0.29) is 11.9 Å². The molecule has 1 aliphatic carbocycles. The molecule has 4 rings (SSSR count). The summed E-state index contributed by atoms with van der Waals surface area (Å²) in [7, 11) is 0. The topological polar surface area (TPSA) is 23.6 Å². The first-order chi connectivity index (χ1) is 11.8. The predicted molar refractivity (Wildman–Crippen MR) is 98.6 cm³/mol. The van der Waals surface area contributed by atoms with Crippen LogP contribution in [0.4, 0.5) is 5.69 Å². The molecule has 1 saturated carbocycles. The van der Waals surface area contributed by atoms with E-state index >= 15 is 0 Å². The second kappa shape index (κ2) is 6.95. The fourth-order valence-corrected chi connectivity index (χ4v) is 5.08. The number of halogens is 1. The zero-order valence-electron chi connectivity index (χ0n) is 14.3. The number of alkyl halides is 1. The summed E-state index contributed by atoms with van der Waals surface area (Å²) in [4.78, 5) is 17.1. The highest BCUT2D eigenvalue weighted by Gasteiger charge is 2.50. The first kappa shape index (κ1) is 16.3. The van der Waals surface area contributed by atoms with Crippen molar-refractivity contribution in [2.24, 2.45) is 0 Å². The van der Waals surface area contributed by atoms with Crippen LogP contribution >= 0.6 is 11.6 Å². The Balaban J connectivity index is 1.63. The van der Waals surface area contributed by atoms with Crippen LogP contribution in [0.3, 0.4) is 0 Å². The maximum absolute atomic E-state index is 12.5. The predicted octanol–water partition coefficient (Wildman–Crippen LogP) is 4.50. The van der Waals surface area contributed by atoms with Gasteiger partial charge in [0.15, 0.2) is 0 Å². The Morgan fingerprint density at radius 2 is 1.58 bits per heavy atom. The number of piperidine rings is 1. The van der Waals surface area contributed by atoms with Gasteiger partial charge in [-0.25, -0.2) is 0 Å². The third kappa shape index (κ3) is 2.81. The lowest BCUT2D eigenvalue weighted by Gasteiger charge is -2.51. The lowest BCUT2D eigenvalue weighted by Crippen LogP contribution is -2.60. The molecule has 4 heteroatoms. The average Bonchev–Trinajstić information content (AvgIpc) is 2.66. The number of para-hydroxylation sites is 1. The largest absolute Gasteiger partial charge is 0.371 e. The summed E-state index contributed by atoms with van der Waals surface area (Å²) in [6.07, 6.45) is 9.90. The number of anilines is 1. The molecule has 0 N–H and O–H groups in total. The first-order valence-corrected chi connectivity index (χ1v) is 10.0. The van der Waals surface area contributed by atoms with E-state index in [1.807, 2.05) is 0 Å². The molecule has 0 radical (unpaired) electrons. The van der Waals surface area contributed by atoms with Crippen molar-refractivity contribution in [2.75, 3.05) is 18.0 Å². The van der Waals surface area contributed by atoms with E-state index in [9.17, 15) is 4.79 Å². The molecule has 2 heterocycles. The lowest BCUT2D eigenvalue weighted by atomic mass is 9.85. The van der Waals surface area contributed by atoms with E-state index in [1.54, 1.807) is 0 Å². The molecule has 1 aromatic carbocycles. The minimum absolute atomic E-state index is 0.0559. The van der Waals surface area contributed by atoms with Crippen molar-refractivity contribution in [2.45, 2.75) is 68.8 Å². The molecular weight excluding hydrogens is 320 g/mol. The molecule has 0 unspecified atom stereocenters. The van der Waals surface area contributed by atoms with Crippen molar-refractivity contribution in [3.8, 4) is 0 Å². The Kier molecular flexibility index (Phi) is 4.71. The molecule has 3 nitrogen and oxygen atoms in total. The number of likely N-dealkylation sites (tertiary alicyclic amines) is 1. The number of β-lactam (4-membered cyclic amide) rings is 1. The molecule has 0 aromatic heterocycles. The van der Waals surface area contributed by atoms with Gasteiger partial charge in [0.1, 0.15) is 5.38 Å². The van der Waals surface area contributed by atoms with E-state index in [2.05, 4.69) is 34.1 Å². The highest BCUT2D eigenvalue weighted by molar-refractivity contribution is 6.33. The molecule has 130 valence electrons. The van der Waals surface area contributed by atoms with Crippen molar-refractivity contribution < 1.29 is 4.79 Å². The first-order valence-electron chi connectivity index (χ1n) is 9.57. The smallest absolute Gasteiger partial charge is 0.243 e. The third-order valence-electron chi connectivity index (χ3n) is 5.99. The minimum atomic E-state index is -0.391. The average molecular weight is 347 g/mol. The number of amides is 1. The summed E-state index contributed by atoms with van der Waals surface area (Å²) < 4.78 is 0. The summed E-state index contributed by atoms with van der Waals surface area (Å²) in [6, 6.07) is 9.05. The Hall–Kier alpha value is -1.22. The van der Waals surface area contributed by atoms with Crippen LogP contribution in [-0.2, 0) is 4.79 Å². The number of rotatable bonds is 3. The van der Waals surface area contributed by atoms with Crippen LogP contribution in [0, 0.1) is 0 Å². The Morgan fingerprint density at radius 1 is 0.917 bits per heavy atom. The summed E-state index contributed by atoms with van der Waals surface area (Å²) in [5.41, 5.74) is 2.55. The standard InChI is InChI=1S/C20H27ClN2O/c21-18-19(23(20(18)24)15-9-3-1-4-10-15)16-11-5-6-12-17(16)22-13-7-2-8-14-22/h5-6,11-12,15,18-19H,1-4,7-10,13-14H2/t18-,19-/m0/s1. The number of hydrogen-bond acceptors (Lipinski definition) is 2. The highest BCUT2D eigenvalue weighted by atomic mass is 35.5. The van der Waals surface area contributed by atoms with Crippen molar-refractivity contribution >= 4 is 23.2 Å². The van der Waals surface area contributed by atoms with Gasteiger partial charge in [-0.15, -0.1) is 11.6 Å². The molecule has 0 bridgehead atoms. The fourth-order valence-electron chi connectivity index (χ4n) is 4.71. The van der Waals surface area contributed by atoms with Gasteiger partial charge in [0.05, 0.1) is 6.04 Å². The molecule has 0 spiro atoms. The van der Waals surface area contributed by atoms with Crippen LogP contribution in [0.5, 0.6) is 0 Å². The van der Waals surface area contributed by atoms with Gasteiger partial charge in [-0.05, 0) is 38.2 Å². The molecule has 1 aromatic rings.